The van der Waals surface area contributed by atoms with Gasteiger partial charge in [-0.15, -0.1) is 0 Å². The minimum atomic E-state index is 0.289. The number of hydrogen-bond donors (Lipinski definition) is 0. The van der Waals surface area contributed by atoms with Gasteiger partial charge in [-0.2, -0.15) is 0 Å². The molecule has 1 saturated carbocycles. The van der Waals surface area contributed by atoms with E-state index in [1.807, 2.05) is 0 Å². The molecule has 1 aliphatic carbocycles. The predicted octanol–water partition coefficient (Wildman–Crippen LogP) is 4.69. The Morgan fingerprint density at radius 2 is 1.75 bits per heavy atom. The Kier molecular flexibility index (Phi) is 3.35. The van der Waals surface area contributed by atoms with Gasteiger partial charge in [0.25, 0.3) is 0 Å². The number of rotatable bonds is 4. The first-order valence-corrected chi connectivity index (χ1v) is 7.10. The number of hydrogen-bond acceptors (Lipinski definition) is 1. The van der Waals surface area contributed by atoms with E-state index in [0.717, 1.165) is 5.75 Å². The van der Waals surface area contributed by atoms with Crippen molar-refractivity contribution in [1.29, 1.82) is 0 Å². The zero-order valence-electron chi connectivity index (χ0n) is 12.0. The lowest BCUT2D eigenvalue weighted by molar-refractivity contribution is 0.414. The summed E-state index contributed by atoms with van der Waals surface area (Å²) in [5.41, 5.74) is 2.97. The summed E-state index contributed by atoms with van der Waals surface area (Å²) in [6.45, 7) is 2.34. The predicted molar refractivity (Wildman–Crippen MR) is 83.9 cm³/mol. The zero-order valence-corrected chi connectivity index (χ0v) is 12.0. The molecule has 1 nitrogen and oxygen atoms in total. The van der Waals surface area contributed by atoms with Gasteiger partial charge in [0.2, 0.25) is 0 Å². The molecule has 0 aromatic heterocycles. The highest BCUT2D eigenvalue weighted by atomic mass is 16.5. The smallest absolute Gasteiger partial charge is 0.118 e. The van der Waals surface area contributed by atoms with E-state index in [9.17, 15) is 0 Å². The molecule has 3 rings (SSSR count). The van der Waals surface area contributed by atoms with Gasteiger partial charge in [-0.1, -0.05) is 61.5 Å². The van der Waals surface area contributed by atoms with Gasteiger partial charge in [0, 0.05) is 0 Å². The van der Waals surface area contributed by atoms with Gasteiger partial charge in [-0.3, -0.25) is 0 Å². The Morgan fingerprint density at radius 1 is 1.05 bits per heavy atom. The lowest BCUT2D eigenvalue weighted by Gasteiger charge is -2.11. The van der Waals surface area contributed by atoms with Gasteiger partial charge in [-0.25, -0.2) is 0 Å². The number of methoxy groups -OCH3 is 1. The summed E-state index contributed by atoms with van der Waals surface area (Å²) in [6, 6.07) is 19.0. The van der Waals surface area contributed by atoms with E-state index in [4.69, 9.17) is 4.74 Å². The summed E-state index contributed by atoms with van der Waals surface area (Å²) in [6.07, 6.45) is 5.81. The maximum Gasteiger partial charge on any atom is 0.118 e. The van der Waals surface area contributed by atoms with E-state index in [1.54, 1.807) is 7.11 Å². The van der Waals surface area contributed by atoms with Crippen LogP contribution in [0.2, 0.25) is 0 Å². The molecular weight excluding hydrogens is 244 g/mol. The molecule has 0 N–H and O–H groups in total. The van der Waals surface area contributed by atoms with Crippen molar-refractivity contribution in [3.8, 4) is 5.75 Å². The van der Waals surface area contributed by atoms with Gasteiger partial charge in [-0.05, 0) is 41.0 Å². The monoisotopic (exact) mass is 264 g/mol. The highest BCUT2D eigenvalue weighted by Crippen LogP contribution is 2.55. The van der Waals surface area contributed by atoms with E-state index in [1.165, 1.54) is 17.5 Å². The summed E-state index contributed by atoms with van der Waals surface area (Å²) in [5.74, 6) is 1.56. The van der Waals surface area contributed by atoms with Crippen molar-refractivity contribution >= 4 is 6.08 Å². The molecule has 2 atom stereocenters. The zero-order chi connectivity index (χ0) is 14.0. The second kappa shape index (κ2) is 5.16. The first-order chi connectivity index (χ1) is 9.72. The molecule has 0 amide bonds. The van der Waals surface area contributed by atoms with Gasteiger partial charge in [0.15, 0.2) is 0 Å². The molecule has 20 heavy (non-hydrogen) atoms. The Hall–Kier alpha value is -2.02. The standard InChI is InChI=1S/C19H20O/c1-19(16-10-12-18(20-2)13-11-16)14-17(19)9-8-15-6-4-3-5-7-15/h3-13,17H,14H2,1-2H3/b9-8+/t17-,19+/m0/s1. The van der Waals surface area contributed by atoms with Gasteiger partial charge in [0.05, 0.1) is 7.11 Å². The Bertz CT molecular complexity index is 597. The second-order valence-corrected chi connectivity index (χ2v) is 5.73. The van der Waals surface area contributed by atoms with Crippen molar-refractivity contribution in [3.05, 3.63) is 71.8 Å². The fourth-order valence-corrected chi connectivity index (χ4v) is 2.77. The van der Waals surface area contributed by atoms with Gasteiger partial charge in [0.1, 0.15) is 5.75 Å². The SMILES string of the molecule is COc1ccc([C@@]2(C)C[C@@H]2/C=C/c2ccccc2)cc1. The number of ether oxygens (including phenoxy) is 1. The summed E-state index contributed by atoms with van der Waals surface area (Å²) >= 11 is 0. The molecule has 2 aromatic carbocycles. The van der Waals surface area contributed by atoms with Crippen LogP contribution in [0.5, 0.6) is 5.75 Å². The fourth-order valence-electron chi connectivity index (χ4n) is 2.77. The maximum absolute atomic E-state index is 5.22. The van der Waals surface area contributed by atoms with Crippen LogP contribution in [0.3, 0.4) is 0 Å². The van der Waals surface area contributed by atoms with Crippen LogP contribution in [0.25, 0.3) is 6.08 Å². The molecule has 0 bridgehead atoms. The maximum atomic E-state index is 5.22. The average molecular weight is 264 g/mol. The molecule has 102 valence electrons. The van der Waals surface area contributed by atoms with Crippen molar-refractivity contribution in [2.24, 2.45) is 5.92 Å². The largest absolute Gasteiger partial charge is 0.497 e. The molecule has 0 spiro atoms. The molecular formula is C19H20O. The van der Waals surface area contributed by atoms with Crippen molar-refractivity contribution in [1.82, 2.24) is 0 Å². The fraction of sp³-hybridized carbons (Fsp3) is 0.263. The van der Waals surface area contributed by atoms with Crippen molar-refractivity contribution in [2.45, 2.75) is 18.8 Å². The van der Waals surface area contributed by atoms with Crippen molar-refractivity contribution in [3.63, 3.8) is 0 Å². The third-order valence-electron chi connectivity index (χ3n) is 4.37. The summed E-state index contributed by atoms with van der Waals surface area (Å²) < 4.78 is 5.22. The molecule has 0 saturated heterocycles. The highest BCUT2D eigenvalue weighted by Gasteiger charge is 2.49. The lowest BCUT2D eigenvalue weighted by atomic mass is 9.95. The Morgan fingerprint density at radius 3 is 2.40 bits per heavy atom. The van der Waals surface area contributed by atoms with E-state index >= 15 is 0 Å². The summed E-state index contributed by atoms with van der Waals surface area (Å²) in [5, 5.41) is 0. The molecule has 1 aliphatic rings. The first-order valence-electron chi connectivity index (χ1n) is 7.10. The van der Waals surface area contributed by atoms with Crippen molar-refractivity contribution < 1.29 is 4.74 Å². The van der Waals surface area contributed by atoms with Crippen LogP contribution in [-0.2, 0) is 5.41 Å². The molecule has 0 radical (unpaired) electrons. The molecule has 0 heterocycles. The molecule has 2 aromatic rings. The van der Waals surface area contributed by atoms with E-state index in [-0.39, 0.29) is 5.41 Å². The van der Waals surface area contributed by atoms with Crippen LogP contribution in [0.15, 0.2) is 60.7 Å². The average Bonchev–Trinajstić information content (AvgIpc) is 3.18. The van der Waals surface area contributed by atoms with E-state index in [0.29, 0.717) is 5.92 Å². The Labute approximate surface area is 120 Å². The van der Waals surface area contributed by atoms with E-state index < -0.39 is 0 Å². The normalized spacial score (nSPS) is 24.8. The molecule has 1 heteroatoms. The number of allylic oxidation sites excluding steroid dienone is 1. The van der Waals surface area contributed by atoms with Crippen LogP contribution in [0.1, 0.15) is 24.5 Å². The van der Waals surface area contributed by atoms with Crippen molar-refractivity contribution in [2.75, 3.05) is 7.11 Å². The number of benzene rings is 2. The van der Waals surface area contributed by atoms with Crippen LogP contribution >= 0.6 is 0 Å². The third kappa shape index (κ3) is 2.49. The quantitative estimate of drug-likeness (QED) is 0.778. The minimum Gasteiger partial charge on any atom is -0.497 e. The van der Waals surface area contributed by atoms with Crippen LogP contribution in [-0.4, -0.2) is 7.11 Å². The molecule has 0 unspecified atom stereocenters. The van der Waals surface area contributed by atoms with Crippen LogP contribution < -0.4 is 4.74 Å². The summed E-state index contributed by atoms with van der Waals surface area (Å²) in [7, 11) is 1.71. The summed E-state index contributed by atoms with van der Waals surface area (Å²) in [4.78, 5) is 0. The highest BCUT2D eigenvalue weighted by molar-refractivity contribution is 5.51. The third-order valence-corrected chi connectivity index (χ3v) is 4.37. The lowest BCUT2D eigenvalue weighted by Crippen LogP contribution is -2.03. The first kappa shape index (κ1) is 13.0. The van der Waals surface area contributed by atoms with E-state index in [2.05, 4.69) is 73.7 Å². The minimum absolute atomic E-state index is 0.289. The molecule has 1 fully saturated rings. The van der Waals surface area contributed by atoms with Gasteiger partial charge < -0.3 is 4.74 Å². The van der Waals surface area contributed by atoms with Crippen LogP contribution in [0.4, 0.5) is 0 Å². The Balaban J connectivity index is 1.71. The van der Waals surface area contributed by atoms with Crippen LogP contribution in [0, 0.1) is 5.92 Å². The van der Waals surface area contributed by atoms with Gasteiger partial charge >= 0.3 is 0 Å². The molecule has 0 aliphatic heterocycles. The topological polar surface area (TPSA) is 9.23 Å². The second-order valence-electron chi connectivity index (χ2n) is 5.73.